The maximum Gasteiger partial charge on any atom is 0.225 e. The lowest BCUT2D eigenvalue weighted by Crippen LogP contribution is -2.48. The fraction of sp³-hybridized carbons (Fsp3) is 0.739. The summed E-state index contributed by atoms with van der Waals surface area (Å²) < 4.78 is 5.43. The van der Waals surface area contributed by atoms with Crippen molar-refractivity contribution in [3.8, 4) is 0 Å². The van der Waals surface area contributed by atoms with E-state index >= 15 is 0 Å². The van der Waals surface area contributed by atoms with E-state index in [4.69, 9.17) is 9.41 Å². The number of rotatable bonds is 6. The SMILES string of the molecule is O=C(C1CCCCC1)N1CCC(NC(=NCCc2ccco2)NC2CCCC2)C1. The predicted molar refractivity (Wildman–Crippen MR) is 115 cm³/mol. The lowest BCUT2D eigenvalue weighted by molar-refractivity contribution is -0.135. The smallest absolute Gasteiger partial charge is 0.225 e. The Morgan fingerprint density at radius 2 is 1.79 bits per heavy atom. The zero-order valence-corrected chi connectivity index (χ0v) is 17.6. The summed E-state index contributed by atoms with van der Waals surface area (Å²) in [7, 11) is 0. The van der Waals surface area contributed by atoms with Gasteiger partial charge in [0.15, 0.2) is 5.96 Å². The second-order valence-electron chi connectivity index (χ2n) is 8.93. The first-order chi connectivity index (χ1) is 14.3. The molecule has 6 nitrogen and oxygen atoms in total. The van der Waals surface area contributed by atoms with Crippen LogP contribution in [0.3, 0.4) is 0 Å². The molecule has 6 heteroatoms. The minimum absolute atomic E-state index is 0.264. The number of furan rings is 1. The van der Waals surface area contributed by atoms with E-state index in [0.717, 1.165) is 50.5 Å². The molecule has 2 N–H and O–H groups in total. The Morgan fingerprint density at radius 1 is 1.03 bits per heavy atom. The van der Waals surface area contributed by atoms with Crippen LogP contribution < -0.4 is 10.6 Å². The van der Waals surface area contributed by atoms with Gasteiger partial charge in [-0.25, -0.2) is 0 Å². The highest BCUT2D eigenvalue weighted by atomic mass is 16.3. The molecule has 160 valence electrons. The van der Waals surface area contributed by atoms with Gasteiger partial charge in [0, 0.05) is 44.1 Å². The van der Waals surface area contributed by atoms with Crippen molar-refractivity contribution in [3.63, 3.8) is 0 Å². The second-order valence-corrected chi connectivity index (χ2v) is 8.93. The van der Waals surface area contributed by atoms with Crippen molar-refractivity contribution >= 4 is 11.9 Å². The number of hydrogen-bond acceptors (Lipinski definition) is 3. The van der Waals surface area contributed by atoms with E-state index in [2.05, 4.69) is 15.5 Å². The molecule has 1 aliphatic heterocycles. The van der Waals surface area contributed by atoms with Crippen LogP contribution in [-0.2, 0) is 11.2 Å². The molecule has 1 saturated heterocycles. The van der Waals surface area contributed by atoms with Gasteiger partial charge in [0.2, 0.25) is 5.91 Å². The van der Waals surface area contributed by atoms with Crippen molar-refractivity contribution in [2.45, 2.75) is 82.7 Å². The molecule has 0 radical (unpaired) electrons. The Bertz CT molecular complexity index is 660. The highest BCUT2D eigenvalue weighted by Gasteiger charge is 2.32. The summed E-state index contributed by atoms with van der Waals surface area (Å²) >= 11 is 0. The van der Waals surface area contributed by atoms with E-state index in [1.54, 1.807) is 6.26 Å². The van der Waals surface area contributed by atoms with Crippen molar-refractivity contribution in [2.75, 3.05) is 19.6 Å². The Hall–Kier alpha value is -1.98. The number of nitrogens with one attached hydrogen (secondary N) is 2. The first-order valence-electron chi connectivity index (χ1n) is 11.7. The Balaban J connectivity index is 1.30. The summed E-state index contributed by atoms with van der Waals surface area (Å²) in [6.07, 6.45) is 14.4. The third-order valence-electron chi connectivity index (χ3n) is 6.70. The molecule has 0 aromatic carbocycles. The van der Waals surface area contributed by atoms with Gasteiger partial charge < -0.3 is 20.0 Å². The van der Waals surface area contributed by atoms with Crippen LogP contribution in [0.2, 0.25) is 0 Å². The van der Waals surface area contributed by atoms with Gasteiger partial charge in [0.25, 0.3) is 0 Å². The lowest BCUT2D eigenvalue weighted by Gasteiger charge is -2.26. The third-order valence-corrected chi connectivity index (χ3v) is 6.70. The van der Waals surface area contributed by atoms with Gasteiger partial charge in [0.05, 0.1) is 6.26 Å². The van der Waals surface area contributed by atoms with Crippen molar-refractivity contribution in [1.29, 1.82) is 0 Å². The van der Waals surface area contributed by atoms with Gasteiger partial charge in [-0.3, -0.25) is 9.79 Å². The lowest BCUT2D eigenvalue weighted by atomic mass is 9.88. The Kier molecular flexibility index (Phi) is 7.12. The quantitative estimate of drug-likeness (QED) is 0.567. The van der Waals surface area contributed by atoms with Crippen LogP contribution in [0.25, 0.3) is 0 Å². The van der Waals surface area contributed by atoms with E-state index in [-0.39, 0.29) is 5.92 Å². The minimum Gasteiger partial charge on any atom is -0.469 e. The molecule has 1 aromatic rings. The highest BCUT2D eigenvalue weighted by molar-refractivity contribution is 5.81. The molecule has 2 heterocycles. The molecule has 0 spiro atoms. The number of amides is 1. The average molecular weight is 401 g/mol. The van der Waals surface area contributed by atoms with Crippen LogP contribution in [0, 0.1) is 5.92 Å². The van der Waals surface area contributed by atoms with Gasteiger partial charge in [-0.05, 0) is 44.2 Å². The van der Waals surface area contributed by atoms with Crippen molar-refractivity contribution < 1.29 is 9.21 Å². The van der Waals surface area contributed by atoms with Crippen LogP contribution in [-0.4, -0.2) is 48.5 Å². The molecule has 1 amide bonds. The second kappa shape index (κ2) is 10.2. The predicted octanol–water partition coefficient (Wildman–Crippen LogP) is 3.48. The third kappa shape index (κ3) is 5.77. The number of guanidine groups is 1. The number of nitrogens with zero attached hydrogens (tertiary/aromatic N) is 2. The standard InChI is InChI=1S/C23H36N4O2/c28-22(18-7-2-1-3-8-18)27-15-13-20(17-27)26-23(25-19-9-4-5-10-19)24-14-12-21-11-6-16-29-21/h6,11,16,18-20H,1-5,7-10,12-15,17H2,(H2,24,25,26). The van der Waals surface area contributed by atoms with Crippen molar-refractivity contribution in [1.82, 2.24) is 15.5 Å². The molecule has 2 saturated carbocycles. The van der Waals surface area contributed by atoms with Crippen LogP contribution in [0.15, 0.2) is 27.8 Å². The topological polar surface area (TPSA) is 69.9 Å². The maximum absolute atomic E-state index is 12.9. The summed E-state index contributed by atoms with van der Waals surface area (Å²) in [4.78, 5) is 19.8. The van der Waals surface area contributed by atoms with Crippen molar-refractivity contribution in [2.24, 2.45) is 10.9 Å². The summed E-state index contributed by atoms with van der Waals surface area (Å²) in [5.74, 6) is 2.52. The van der Waals surface area contributed by atoms with E-state index in [1.165, 1.54) is 44.9 Å². The summed E-state index contributed by atoms with van der Waals surface area (Å²) in [5, 5.41) is 7.26. The summed E-state index contributed by atoms with van der Waals surface area (Å²) in [6, 6.07) is 4.73. The largest absolute Gasteiger partial charge is 0.469 e. The molecule has 2 aliphatic carbocycles. The molecule has 1 atom stereocenters. The molecule has 1 unspecified atom stereocenters. The van der Waals surface area contributed by atoms with E-state index in [1.807, 2.05) is 12.1 Å². The van der Waals surface area contributed by atoms with Gasteiger partial charge in [-0.1, -0.05) is 32.1 Å². The molecule has 1 aromatic heterocycles. The first-order valence-corrected chi connectivity index (χ1v) is 11.7. The minimum atomic E-state index is 0.264. The summed E-state index contributed by atoms with van der Waals surface area (Å²) in [6.45, 7) is 2.38. The molecule has 3 fully saturated rings. The Labute approximate surface area is 174 Å². The first kappa shape index (κ1) is 20.3. The molecule has 29 heavy (non-hydrogen) atoms. The monoisotopic (exact) mass is 400 g/mol. The van der Waals surface area contributed by atoms with E-state index in [9.17, 15) is 4.79 Å². The van der Waals surface area contributed by atoms with Gasteiger partial charge >= 0.3 is 0 Å². The van der Waals surface area contributed by atoms with Gasteiger partial charge in [0.1, 0.15) is 5.76 Å². The van der Waals surface area contributed by atoms with E-state index in [0.29, 0.717) is 24.5 Å². The number of carbonyl (C=O) groups is 1. The van der Waals surface area contributed by atoms with Gasteiger partial charge in [-0.2, -0.15) is 0 Å². The van der Waals surface area contributed by atoms with Crippen molar-refractivity contribution in [3.05, 3.63) is 24.2 Å². The van der Waals surface area contributed by atoms with Gasteiger partial charge in [-0.15, -0.1) is 0 Å². The number of hydrogen-bond donors (Lipinski definition) is 2. The average Bonchev–Trinajstić information content (AvgIpc) is 3.51. The van der Waals surface area contributed by atoms with Crippen LogP contribution in [0.5, 0.6) is 0 Å². The normalized spacial score (nSPS) is 24.2. The zero-order valence-electron chi connectivity index (χ0n) is 17.6. The Morgan fingerprint density at radius 3 is 2.55 bits per heavy atom. The van der Waals surface area contributed by atoms with Crippen LogP contribution >= 0.6 is 0 Å². The summed E-state index contributed by atoms with van der Waals surface area (Å²) in [5.41, 5.74) is 0. The maximum atomic E-state index is 12.9. The molecule has 0 bridgehead atoms. The fourth-order valence-electron chi connectivity index (χ4n) is 5.01. The van der Waals surface area contributed by atoms with Crippen LogP contribution in [0.1, 0.15) is 70.0 Å². The zero-order chi connectivity index (χ0) is 19.9. The molecular weight excluding hydrogens is 364 g/mol. The fourth-order valence-corrected chi connectivity index (χ4v) is 5.01. The molecular formula is C23H36N4O2. The molecule has 3 aliphatic rings. The highest BCUT2D eigenvalue weighted by Crippen LogP contribution is 2.27. The molecule has 4 rings (SSSR count). The number of likely N-dealkylation sites (tertiary alicyclic amines) is 1. The number of aliphatic imine (C=N–C) groups is 1. The van der Waals surface area contributed by atoms with Crippen LogP contribution in [0.4, 0.5) is 0 Å². The van der Waals surface area contributed by atoms with E-state index < -0.39 is 0 Å². The number of carbonyl (C=O) groups excluding carboxylic acids is 1.